The molecule has 2 aromatic carbocycles. The molecular formula is C19H17FN2O5. The fraction of sp³-hybridized carbons (Fsp3) is 0.158. The predicted octanol–water partition coefficient (Wildman–Crippen LogP) is 3.55. The summed E-state index contributed by atoms with van der Waals surface area (Å²) in [6.45, 7) is 2.86. The first kappa shape index (κ1) is 19.8. The van der Waals surface area contributed by atoms with Crippen LogP contribution in [0.4, 0.5) is 15.8 Å². The lowest BCUT2D eigenvalue weighted by atomic mass is 10.1. The van der Waals surface area contributed by atoms with Crippen molar-refractivity contribution in [2.75, 3.05) is 11.9 Å². The molecule has 0 heterocycles. The first-order valence-corrected chi connectivity index (χ1v) is 7.92. The van der Waals surface area contributed by atoms with Gasteiger partial charge in [0.15, 0.2) is 6.61 Å². The maximum Gasteiger partial charge on any atom is 0.331 e. The Morgan fingerprint density at radius 3 is 2.59 bits per heavy atom. The first-order valence-electron chi connectivity index (χ1n) is 7.92. The largest absolute Gasteiger partial charge is 0.452 e. The van der Waals surface area contributed by atoms with E-state index in [1.165, 1.54) is 36.4 Å². The summed E-state index contributed by atoms with van der Waals surface area (Å²) in [7, 11) is 0. The zero-order valence-corrected chi connectivity index (χ0v) is 14.7. The molecule has 0 atom stereocenters. The van der Waals surface area contributed by atoms with E-state index in [4.69, 9.17) is 4.74 Å². The summed E-state index contributed by atoms with van der Waals surface area (Å²) in [6.07, 6.45) is 2.40. The zero-order chi connectivity index (χ0) is 20.0. The van der Waals surface area contributed by atoms with Crippen molar-refractivity contribution < 1.29 is 23.6 Å². The van der Waals surface area contributed by atoms with Crippen LogP contribution in [-0.2, 0) is 14.3 Å². The molecule has 0 aliphatic rings. The van der Waals surface area contributed by atoms with Gasteiger partial charge in [-0.05, 0) is 54.8 Å². The number of rotatable bonds is 6. The number of hydrogen-bond donors (Lipinski definition) is 1. The number of halogens is 1. The van der Waals surface area contributed by atoms with Gasteiger partial charge in [0.25, 0.3) is 11.6 Å². The zero-order valence-electron chi connectivity index (χ0n) is 14.7. The number of nitro groups is 1. The number of aryl methyl sites for hydroxylation is 2. The number of carbonyl (C=O) groups excluding carboxylic acids is 2. The summed E-state index contributed by atoms with van der Waals surface area (Å²) < 4.78 is 17.8. The second-order valence-corrected chi connectivity index (χ2v) is 5.75. The summed E-state index contributed by atoms with van der Waals surface area (Å²) in [5.41, 5.74) is 1.73. The van der Waals surface area contributed by atoms with Gasteiger partial charge in [0.2, 0.25) is 0 Å². The summed E-state index contributed by atoms with van der Waals surface area (Å²) in [5.74, 6) is -1.96. The van der Waals surface area contributed by atoms with Gasteiger partial charge in [-0.3, -0.25) is 14.9 Å². The molecule has 0 unspecified atom stereocenters. The van der Waals surface area contributed by atoms with Crippen molar-refractivity contribution in [1.29, 1.82) is 0 Å². The Bertz CT molecular complexity index is 924. The molecule has 27 heavy (non-hydrogen) atoms. The molecule has 8 heteroatoms. The number of nitrogens with zero attached hydrogens (tertiary/aromatic N) is 1. The highest BCUT2D eigenvalue weighted by atomic mass is 19.1. The highest BCUT2D eigenvalue weighted by Crippen LogP contribution is 2.27. The van der Waals surface area contributed by atoms with Crippen LogP contribution in [-0.4, -0.2) is 23.4 Å². The van der Waals surface area contributed by atoms with Gasteiger partial charge >= 0.3 is 5.97 Å². The number of esters is 1. The third-order valence-corrected chi connectivity index (χ3v) is 3.69. The quantitative estimate of drug-likeness (QED) is 0.362. The Hall–Kier alpha value is -3.55. The molecule has 140 valence electrons. The van der Waals surface area contributed by atoms with E-state index in [-0.39, 0.29) is 11.4 Å². The van der Waals surface area contributed by atoms with Crippen LogP contribution < -0.4 is 5.32 Å². The van der Waals surface area contributed by atoms with E-state index >= 15 is 0 Å². The Balaban J connectivity index is 1.95. The van der Waals surface area contributed by atoms with Gasteiger partial charge in [-0.25, -0.2) is 9.18 Å². The summed E-state index contributed by atoms with van der Waals surface area (Å²) in [6, 6.07) is 8.43. The van der Waals surface area contributed by atoms with Crippen LogP contribution in [0, 0.1) is 29.8 Å². The second-order valence-electron chi connectivity index (χ2n) is 5.75. The number of ether oxygens (including phenoxy) is 1. The van der Waals surface area contributed by atoms with Crippen molar-refractivity contribution in [1.82, 2.24) is 0 Å². The van der Waals surface area contributed by atoms with Crippen LogP contribution in [0.1, 0.15) is 16.7 Å². The highest BCUT2D eigenvalue weighted by molar-refractivity contribution is 5.96. The molecule has 0 fully saturated rings. The molecule has 0 spiro atoms. The minimum absolute atomic E-state index is 0.0273. The number of nitrogens with one attached hydrogen (secondary N) is 1. The van der Waals surface area contributed by atoms with E-state index in [2.05, 4.69) is 5.32 Å². The summed E-state index contributed by atoms with van der Waals surface area (Å²) in [5, 5.41) is 13.5. The maximum absolute atomic E-state index is 13.0. The predicted molar refractivity (Wildman–Crippen MR) is 97.6 cm³/mol. The van der Waals surface area contributed by atoms with Crippen LogP contribution in [0.15, 0.2) is 42.5 Å². The number of nitro benzene ring substituents is 1. The standard InChI is InChI=1S/C19H17FN2O5/c1-12-8-16(17(22(25)26)9-13(12)2)21-18(23)11-27-19(24)7-6-14-4-3-5-15(20)10-14/h3-10H,11H2,1-2H3,(H,21,23)/b7-6+. The topological polar surface area (TPSA) is 98.5 Å². The summed E-state index contributed by atoms with van der Waals surface area (Å²) in [4.78, 5) is 34.1. The average Bonchev–Trinajstić information content (AvgIpc) is 2.61. The fourth-order valence-electron chi connectivity index (χ4n) is 2.20. The molecule has 0 saturated carbocycles. The third kappa shape index (κ3) is 5.74. The Kier molecular flexibility index (Phi) is 6.37. The van der Waals surface area contributed by atoms with Crippen molar-refractivity contribution in [3.63, 3.8) is 0 Å². The third-order valence-electron chi connectivity index (χ3n) is 3.69. The van der Waals surface area contributed by atoms with Crippen LogP contribution in [0.3, 0.4) is 0 Å². The van der Waals surface area contributed by atoms with E-state index in [1.807, 2.05) is 0 Å². The molecule has 0 aliphatic carbocycles. The van der Waals surface area contributed by atoms with Gasteiger partial charge in [0, 0.05) is 12.1 Å². The molecule has 7 nitrogen and oxygen atoms in total. The Labute approximate surface area is 154 Å². The molecule has 1 N–H and O–H groups in total. The van der Waals surface area contributed by atoms with Crippen LogP contribution in [0.5, 0.6) is 0 Å². The smallest absolute Gasteiger partial charge is 0.331 e. The first-order chi connectivity index (χ1) is 12.8. The molecule has 0 bridgehead atoms. The lowest BCUT2D eigenvalue weighted by Gasteiger charge is -2.09. The van der Waals surface area contributed by atoms with E-state index in [9.17, 15) is 24.1 Å². The maximum atomic E-state index is 13.0. The summed E-state index contributed by atoms with van der Waals surface area (Å²) >= 11 is 0. The van der Waals surface area contributed by atoms with E-state index in [1.54, 1.807) is 19.9 Å². The number of benzene rings is 2. The second kappa shape index (κ2) is 8.70. The van der Waals surface area contributed by atoms with Crippen molar-refractivity contribution >= 4 is 29.3 Å². The van der Waals surface area contributed by atoms with Crippen molar-refractivity contribution in [3.8, 4) is 0 Å². The molecule has 0 saturated heterocycles. The van der Waals surface area contributed by atoms with Crippen molar-refractivity contribution in [2.24, 2.45) is 0 Å². The molecular weight excluding hydrogens is 355 g/mol. The Morgan fingerprint density at radius 2 is 1.93 bits per heavy atom. The molecule has 2 aromatic rings. The SMILES string of the molecule is Cc1cc(NC(=O)COC(=O)/C=C/c2cccc(F)c2)c([N+](=O)[O-])cc1C. The van der Waals surface area contributed by atoms with Gasteiger partial charge in [-0.2, -0.15) is 0 Å². The van der Waals surface area contributed by atoms with Gasteiger partial charge in [-0.1, -0.05) is 12.1 Å². The minimum Gasteiger partial charge on any atom is -0.452 e. The number of carbonyl (C=O) groups is 2. The van der Waals surface area contributed by atoms with Gasteiger partial charge in [0.05, 0.1) is 4.92 Å². The fourth-order valence-corrected chi connectivity index (χ4v) is 2.20. The number of hydrogen-bond acceptors (Lipinski definition) is 5. The molecule has 0 aromatic heterocycles. The average molecular weight is 372 g/mol. The highest BCUT2D eigenvalue weighted by Gasteiger charge is 2.18. The normalized spacial score (nSPS) is 10.6. The lowest BCUT2D eigenvalue weighted by molar-refractivity contribution is -0.384. The molecule has 2 rings (SSSR count). The van der Waals surface area contributed by atoms with E-state index in [0.29, 0.717) is 11.1 Å². The number of anilines is 1. The van der Waals surface area contributed by atoms with Gasteiger partial charge < -0.3 is 10.1 Å². The number of amides is 1. The molecule has 1 amide bonds. The lowest BCUT2D eigenvalue weighted by Crippen LogP contribution is -2.20. The molecule has 0 aliphatic heterocycles. The minimum atomic E-state index is -0.802. The van der Waals surface area contributed by atoms with Gasteiger partial charge in [-0.15, -0.1) is 0 Å². The van der Waals surface area contributed by atoms with Crippen LogP contribution in [0.2, 0.25) is 0 Å². The monoisotopic (exact) mass is 372 g/mol. The van der Waals surface area contributed by atoms with E-state index < -0.39 is 29.2 Å². The van der Waals surface area contributed by atoms with Crippen molar-refractivity contribution in [3.05, 3.63) is 75.1 Å². The van der Waals surface area contributed by atoms with Crippen molar-refractivity contribution in [2.45, 2.75) is 13.8 Å². The van der Waals surface area contributed by atoms with Gasteiger partial charge in [0.1, 0.15) is 11.5 Å². The molecule has 0 radical (unpaired) electrons. The van der Waals surface area contributed by atoms with Crippen LogP contribution in [0.25, 0.3) is 6.08 Å². The Morgan fingerprint density at radius 1 is 1.22 bits per heavy atom. The van der Waals surface area contributed by atoms with E-state index in [0.717, 1.165) is 11.6 Å². The van der Waals surface area contributed by atoms with Crippen LogP contribution >= 0.6 is 0 Å².